The molecule has 0 aromatic heterocycles. The number of ketones is 1. The van der Waals surface area contributed by atoms with Gasteiger partial charge < -0.3 is 10.6 Å². The highest BCUT2D eigenvalue weighted by atomic mass is 35.5. The second kappa shape index (κ2) is 9.05. The van der Waals surface area contributed by atoms with Crippen LogP contribution in [0.2, 0.25) is 5.02 Å². The van der Waals surface area contributed by atoms with E-state index >= 15 is 0 Å². The Bertz CT molecular complexity index is 1130. The zero-order valence-corrected chi connectivity index (χ0v) is 17.1. The van der Waals surface area contributed by atoms with E-state index in [1.807, 2.05) is 0 Å². The molecule has 1 amide bonds. The summed E-state index contributed by atoms with van der Waals surface area (Å²) in [6.07, 6.45) is 0.325. The highest BCUT2D eigenvalue weighted by molar-refractivity contribution is 6.35. The Kier molecular flexibility index (Phi) is 6.47. The van der Waals surface area contributed by atoms with E-state index < -0.39 is 11.6 Å². The summed E-state index contributed by atoms with van der Waals surface area (Å²) in [7, 11) is 0. The molecule has 4 nitrogen and oxygen atoms in total. The maximum Gasteiger partial charge on any atom is 0.224 e. The summed E-state index contributed by atoms with van der Waals surface area (Å²) in [5.74, 6) is -1.87. The van der Waals surface area contributed by atoms with Gasteiger partial charge in [0.15, 0.2) is 5.78 Å². The number of benzene rings is 3. The van der Waals surface area contributed by atoms with Crippen molar-refractivity contribution in [3.8, 4) is 0 Å². The van der Waals surface area contributed by atoms with Gasteiger partial charge in [-0.3, -0.25) is 9.59 Å². The molecule has 0 aliphatic rings. The highest BCUT2D eigenvalue weighted by Crippen LogP contribution is 2.28. The molecule has 2 N–H and O–H groups in total. The average Bonchev–Trinajstić information content (AvgIpc) is 2.71. The van der Waals surface area contributed by atoms with Gasteiger partial charge in [0.1, 0.15) is 11.6 Å². The molecule has 0 aliphatic heterocycles. The first kappa shape index (κ1) is 21.5. The van der Waals surface area contributed by atoms with E-state index in [1.165, 1.54) is 18.2 Å². The third kappa shape index (κ3) is 4.83. The molecule has 0 radical (unpaired) electrons. The fourth-order valence-corrected chi connectivity index (χ4v) is 3.13. The maximum atomic E-state index is 13.8. The maximum absolute atomic E-state index is 13.8. The fourth-order valence-electron chi connectivity index (χ4n) is 2.86. The molecule has 0 atom stereocenters. The number of anilines is 3. The van der Waals surface area contributed by atoms with Gasteiger partial charge in [-0.15, -0.1) is 0 Å². The number of nitrogens with one attached hydrogen (secondary N) is 2. The van der Waals surface area contributed by atoms with Gasteiger partial charge in [0.25, 0.3) is 0 Å². The Hall–Kier alpha value is -3.25. The molecule has 7 heteroatoms. The van der Waals surface area contributed by atoms with Crippen molar-refractivity contribution in [2.75, 3.05) is 10.6 Å². The van der Waals surface area contributed by atoms with E-state index in [2.05, 4.69) is 10.6 Å². The van der Waals surface area contributed by atoms with Gasteiger partial charge >= 0.3 is 0 Å². The van der Waals surface area contributed by atoms with Gasteiger partial charge in [0, 0.05) is 35.0 Å². The van der Waals surface area contributed by atoms with Gasteiger partial charge in [0.2, 0.25) is 5.91 Å². The van der Waals surface area contributed by atoms with Crippen LogP contribution in [-0.2, 0) is 4.79 Å². The van der Waals surface area contributed by atoms with Gasteiger partial charge in [-0.05, 0) is 55.0 Å². The van der Waals surface area contributed by atoms with E-state index in [4.69, 9.17) is 11.6 Å². The fraction of sp³-hybridized carbons (Fsp3) is 0.130. The predicted molar refractivity (Wildman–Crippen MR) is 115 cm³/mol. The monoisotopic (exact) mass is 428 g/mol. The lowest BCUT2D eigenvalue weighted by molar-refractivity contribution is -0.115. The van der Waals surface area contributed by atoms with E-state index in [-0.39, 0.29) is 28.0 Å². The summed E-state index contributed by atoms with van der Waals surface area (Å²) in [5, 5.41) is 5.72. The van der Waals surface area contributed by atoms with Crippen LogP contribution < -0.4 is 10.6 Å². The van der Waals surface area contributed by atoms with Crippen LogP contribution in [0.15, 0.2) is 54.6 Å². The summed E-state index contributed by atoms with van der Waals surface area (Å²) in [6.45, 7) is 3.53. The normalized spacial score (nSPS) is 10.6. The van der Waals surface area contributed by atoms with Crippen molar-refractivity contribution in [3.63, 3.8) is 0 Å². The molecule has 0 aliphatic carbocycles. The van der Waals surface area contributed by atoms with E-state index in [9.17, 15) is 18.4 Å². The van der Waals surface area contributed by atoms with Crippen molar-refractivity contribution in [1.82, 2.24) is 0 Å². The van der Waals surface area contributed by atoms with Crippen molar-refractivity contribution >= 4 is 40.4 Å². The van der Waals surface area contributed by atoms with Crippen LogP contribution in [-0.4, -0.2) is 11.7 Å². The average molecular weight is 429 g/mol. The summed E-state index contributed by atoms with van der Waals surface area (Å²) in [4.78, 5) is 24.7. The first-order valence-corrected chi connectivity index (χ1v) is 9.63. The number of hydrogen-bond donors (Lipinski definition) is 2. The summed E-state index contributed by atoms with van der Waals surface area (Å²) >= 11 is 6.32. The number of amides is 1. The zero-order chi connectivity index (χ0) is 21.8. The minimum absolute atomic E-state index is 0.0850. The topological polar surface area (TPSA) is 58.2 Å². The molecular formula is C23H19ClF2N2O2. The molecule has 30 heavy (non-hydrogen) atoms. The van der Waals surface area contributed by atoms with Crippen molar-refractivity contribution in [1.29, 1.82) is 0 Å². The van der Waals surface area contributed by atoms with Crippen LogP contribution in [0, 0.1) is 18.6 Å². The number of rotatable bonds is 6. The smallest absolute Gasteiger partial charge is 0.224 e. The first-order valence-electron chi connectivity index (χ1n) is 9.25. The third-order valence-corrected chi connectivity index (χ3v) is 4.82. The number of halogens is 3. The lowest BCUT2D eigenvalue weighted by Crippen LogP contribution is -2.11. The molecule has 0 bridgehead atoms. The predicted octanol–water partition coefficient (Wildman–Crippen LogP) is 6.25. The molecule has 0 unspecified atom stereocenters. The summed E-state index contributed by atoms with van der Waals surface area (Å²) in [5.41, 5.74) is 2.47. The Labute approximate surface area is 177 Å². The minimum atomic E-state index is -0.743. The van der Waals surface area contributed by atoms with Crippen molar-refractivity contribution in [2.45, 2.75) is 20.3 Å². The number of aryl methyl sites for hydroxylation is 1. The number of carbonyl (C=O) groups excluding carboxylic acids is 2. The van der Waals surface area contributed by atoms with Gasteiger partial charge in [0.05, 0.1) is 10.7 Å². The van der Waals surface area contributed by atoms with E-state index in [0.29, 0.717) is 23.4 Å². The molecule has 3 aromatic rings. The molecule has 0 saturated carbocycles. The van der Waals surface area contributed by atoms with Crippen LogP contribution in [0.5, 0.6) is 0 Å². The van der Waals surface area contributed by atoms with Gasteiger partial charge in [-0.1, -0.05) is 24.6 Å². The van der Waals surface area contributed by atoms with Crippen LogP contribution >= 0.6 is 11.6 Å². The van der Waals surface area contributed by atoms with E-state index in [0.717, 1.165) is 17.7 Å². The Balaban J connectivity index is 1.87. The molecule has 0 spiro atoms. The third-order valence-electron chi connectivity index (χ3n) is 4.51. The SMILES string of the molecule is CCC(=O)Nc1ccc(C)c(C(=O)c2ccc(Nc3ccc(F)cc3F)cc2Cl)c1. The Morgan fingerprint density at radius 3 is 2.33 bits per heavy atom. The van der Waals surface area contributed by atoms with Crippen LogP contribution in [0.4, 0.5) is 25.8 Å². The van der Waals surface area contributed by atoms with Gasteiger partial charge in [-0.2, -0.15) is 0 Å². The quantitative estimate of drug-likeness (QED) is 0.456. The molecular weight excluding hydrogens is 410 g/mol. The minimum Gasteiger partial charge on any atom is -0.353 e. The highest BCUT2D eigenvalue weighted by Gasteiger charge is 2.17. The van der Waals surface area contributed by atoms with Crippen LogP contribution in [0.1, 0.15) is 34.8 Å². The molecule has 0 saturated heterocycles. The molecule has 0 heterocycles. The Morgan fingerprint density at radius 1 is 0.933 bits per heavy atom. The second-order valence-electron chi connectivity index (χ2n) is 6.70. The van der Waals surface area contributed by atoms with Gasteiger partial charge in [-0.25, -0.2) is 8.78 Å². The molecule has 0 fully saturated rings. The first-order chi connectivity index (χ1) is 14.3. The molecule has 154 valence electrons. The van der Waals surface area contributed by atoms with Crippen LogP contribution in [0.25, 0.3) is 0 Å². The summed E-state index contributed by atoms with van der Waals surface area (Å²) in [6, 6.07) is 12.9. The van der Waals surface area contributed by atoms with E-state index in [1.54, 1.807) is 38.1 Å². The Morgan fingerprint density at radius 2 is 1.67 bits per heavy atom. The van der Waals surface area contributed by atoms with Crippen LogP contribution in [0.3, 0.4) is 0 Å². The standard InChI is InChI=1S/C23H19ClF2N2O2/c1-3-22(29)28-15-6-4-13(2)18(11-15)23(30)17-8-7-16(12-19(17)24)27-21-9-5-14(25)10-20(21)26/h4-12,27H,3H2,1-2H3,(H,28,29). The van der Waals surface area contributed by atoms with Crippen molar-refractivity contribution in [3.05, 3.63) is 87.9 Å². The molecule has 3 aromatic carbocycles. The largest absolute Gasteiger partial charge is 0.353 e. The second-order valence-corrected chi connectivity index (χ2v) is 7.11. The lowest BCUT2D eigenvalue weighted by atomic mass is 9.98. The zero-order valence-electron chi connectivity index (χ0n) is 16.4. The van der Waals surface area contributed by atoms with Crippen molar-refractivity contribution < 1.29 is 18.4 Å². The lowest BCUT2D eigenvalue weighted by Gasteiger charge is -2.12. The number of hydrogen-bond acceptors (Lipinski definition) is 3. The summed E-state index contributed by atoms with van der Waals surface area (Å²) < 4.78 is 26.9. The van der Waals surface area contributed by atoms with Crippen molar-refractivity contribution in [2.24, 2.45) is 0 Å². The number of carbonyl (C=O) groups is 2. The molecule has 3 rings (SSSR count).